The van der Waals surface area contributed by atoms with Gasteiger partial charge in [0.2, 0.25) is 0 Å². The first kappa shape index (κ1) is 16.2. The minimum Gasteiger partial charge on any atom is -0.491 e. The van der Waals surface area contributed by atoms with Gasteiger partial charge in [-0.05, 0) is 58.2 Å². The molecular formula is C16H20FNO2. The highest BCUT2D eigenvalue weighted by Gasteiger charge is 2.15. The molecule has 20 heavy (non-hydrogen) atoms. The number of ketones is 1. The normalized spacial score (nSPS) is 10.9. The van der Waals surface area contributed by atoms with E-state index in [1.807, 2.05) is 13.8 Å². The predicted octanol–water partition coefficient (Wildman–Crippen LogP) is 4.13. The van der Waals surface area contributed by atoms with Crippen molar-refractivity contribution in [3.8, 4) is 11.8 Å². The van der Waals surface area contributed by atoms with Crippen molar-refractivity contribution in [1.82, 2.24) is 0 Å². The van der Waals surface area contributed by atoms with Crippen molar-refractivity contribution >= 4 is 5.78 Å². The van der Waals surface area contributed by atoms with Gasteiger partial charge in [-0.15, -0.1) is 0 Å². The van der Waals surface area contributed by atoms with Crippen molar-refractivity contribution in [2.24, 2.45) is 5.41 Å². The molecule has 0 spiro atoms. The molecule has 1 aromatic rings. The summed E-state index contributed by atoms with van der Waals surface area (Å²) >= 11 is 0. The molecule has 0 fully saturated rings. The third kappa shape index (κ3) is 5.00. The number of hydrogen-bond acceptors (Lipinski definition) is 3. The van der Waals surface area contributed by atoms with E-state index in [0.29, 0.717) is 12.2 Å². The second-order valence-electron chi connectivity index (χ2n) is 5.50. The van der Waals surface area contributed by atoms with Gasteiger partial charge in [0.05, 0.1) is 18.1 Å². The first-order chi connectivity index (χ1) is 9.35. The van der Waals surface area contributed by atoms with Crippen LogP contribution in [0, 0.1) is 22.6 Å². The number of carbonyl (C=O) groups is 1. The quantitative estimate of drug-likeness (QED) is 0.556. The van der Waals surface area contributed by atoms with Gasteiger partial charge in [-0.25, -0.2) is 4.39 Å². The van der Waals surface area contributed by atoms with Crippen LogP contribution >= 0.6 is 0 Å². The Morgan fingerprint density at radius 2 is 2.10 bits per heavy atom. The topological polar surface area (TPSA) is 50.1 Å². The van der Waals surface area contributed by atoms with Crippen LogP contribution in [0.25, 0.3) is 0 Å². The van der Waals surface area contributed by atoms with Crippen molar-refractivity contribution in [1.29, 1.82) is 5.26 Å². The number of halogens is 1. The zero-order chi connectivity index (χ0) is 15.2. The summed E-state index contributed by atoms with van der Waals surface area (Å²) in [4.78, 5) is 11.1. The van der Waals surface area contributed by atoms with Gasteiger partial charge in [-0.2, -0.15) is 5.26 Å². The van der Waals surface area contributed by atoms with E-state index in [0.717, 1.165) is 19.3 Å². The molecule has 0 aliphatic heterocycles. The largest absolute Gasteiger partial charge is 0.491 e. The Balaban J connectivity index is 2.40. The van der Waals surface area contributed by atoms with Gasteiger partial charge in [0, 0.05) is 5.56 Å². The second kappa shape index (κ2) is 7.04. The van der Waals surface area contributed by atoms with Gasteiger partial charge in [-0.1, -0.05) is 0 Å². The minimum absolute atomic E-state index is 0.162. The number of ether oxygens (including phenoxy) is 1. The molecule has 0 aliphatic rings. The third-order valence-electron chi connectivity index (χ3n) is 3.09. The first-order valence-corrected chi connectivity index (χ1v) is 6.70. The molecule has 1 rings (SSSR count). The summed E-state index contributed by atoms with van der Waals surface area (Å²) in [7, 11) is 0. The fourth-order valence-corrected chi connectivity index (χ4v) is 1.74. The molecule has 0 atom stereocenters. The SMILES string of the molecule is CC(=O)c1ccc(OCCCCC(C)(C)C#N)c(F)c1. The molecule has 0 saturated heterocycles. The summed E-state index contributed by atoms with van der Waals surface area (Å²) in [6, 6.07) is 6.47. The highest BCUT2D eigenvalue weighted by Crippen LogP contribution is 2.22. The van der Waals surface area contributed by atoms with Crippen LogP contribution in [0.4, 0.5) is 4.39 Å². The number of rotatable bonds is 7. The number of carbonyl (C=O) groups excluding carboxylic acids is 1. The van der Waals surface area contributed by atoms with Crippen LogP contribution in [0.2, 0.25) is 0 Å². The smallest absolute Gasteiger partial charge is 0.165 e. The van der Waals surface area contributed by atoms with E-state index < -0.39 is 5.82 Å². The molecule has 1 aromatic carbocycles. The Bertz CT molecular complexity index is 518. The van der Waals surface area contributed by atoms with Crippen molar-refractivity contribution < 1.29 is 13.9 Å². The molecule has 0 bridgehead atoms. The van der Waals surface area contributed by atoms with Crippen LogP contribution in [-0.2, 0) is 0 Å². The molecule has 0 aliphatic carbocycles. The maximum Gasteiger partial charge on any atom is 0.165 e. The van der Waals surface area contributed by atoms with Crippen molar-refractivity contribution in [3.63, 3.8) is 0 Å². The monoisotopic (exact) mass is 277 g/mol. The lowest BCUT2D eigenvalue weighted by molar-refractivity contribution is 0.101. The van der Waals surface area contributed by atoms with E-state index in [2.05, 4.69) is 6.07 Å². The Hall–Kier alpha value is -1.89. The van der Waals surface area contributed by atoms with Crippen molar-refractivity contribution in [3.05, 3.63) is 29.6 Å². The highest BCUT2D eigenvalue weighted by molar-refractivity contribution is 5.94. The van der Waals surface area contributed by atoms with E-state index in [9.17, 15) is 9.18 Å². The summed E-state index contributed by atoms with van der Waals surface area (Å²) in [6.07, 6.45) is 2.41. The van der Waals surface area contributed by atoms with Crippen LogP contribution in [0.1, 0.15) is 50.4 Å². The lowest BCUT2D eigenvalue weighted by Gasteiger charge is -2.14. The average Bonchev–Trinajstić information content (AvgIpc) is 2.39. The van der Waals surface area contributed by atoms with Crippen molar-refractivity contribution in [2.75, 3.05) is 6.61 Å². The van der Waals surface area contributed by atoms with E-state index in [-0.39, 0.29) is 16.9 Å². The lowest BCUT2D eigenvalue weighted by Crippen LogP contribution is -2.08. The van der Waals surface area contributed by atoms with Crippen LogP contribution < -0.4 is 4.74 Å². The maximum absolute atomic E-state index is 13.6. The van der Waals surface area contributed by atoms with Gasteiger partial charge in [0.1, 0.15) is 0 Å². The Morgan fingerprint density at radius 1 is 1.40 bits per heavy atom. The van der Waals surface area contributed by atoms with E-state index in [1.54, 1.807) is 6.07 Å². The van der Waals surface area contributed by atoms with Crippen LogP contribution in [0.3, 0.4) is 0 Å². The van der Waals surface area contributed by atoms with Gasteiger partial charge >= 0.3 is 0 Å². The molecule has 0 N–H and O–H groups in total. The summed E-state index contributed by atoms with van der Waals surface area (Å²) in [5.41, 5.74) is 0.0135. The van der Waals surface area contributed by atoms with Crippen LogP contribution in [-0.4, -0.2) is 12.4 Å². The maximum atomic E-state index is 13.6. The molecule has 0 aromatic heterocycles. The van der Waals surface area contributed by atoms with Gasteiger partial charge in [0.25, 0.3) is 0 Å². The van der Waals surface area contributed by atoms with Gasteiger partial charge in [0.15, 0.2) is 17.3 Å². The van der Waals surface area contributed by atoms with E-state index in [4.69, 9.17) is 10.00 Å². The van der Waals surface area contributed by atoms with Crippen LogP contribution in [0.15, 0.2) is 18.2 Å². The Kier molecular flexibility index (Phi) is 5.69. The molecule has 0 radical (unpaired) electrons. The Labute approximate surface area is 119 Å². The van der Waals surface area contributed by atoms with Gasteiger partial charge < -0.3 is 4.74 Å². The standard InChI is InChI=1S/C16H20FNO2/c1-12(19)13-6-7-15(14(17)10-13)20-9-5-4-8-16(2,3)11-18/h6-7,10H,4-5,8-9H2,1-3H3. The van der Waals surface area contributed by atoms with Gasteiger partial charge in [-0.3, -0.25) is 4.79 Å². The number of benzene rings is 1. The molecule has 0 heterocycles. The first-order valence-electron chi connectivity index (χ1n) is 6.70. The van der Waals surface area contributed by atoms with Crippen molar-refractivity contribution in [2.45, 2.75) is 40.0 Å². The molecule has 3 nitrogen and oxygen atoms in total. The fraction of sp³-hybridized carbons (Fsp3) is 0.500. The minimum atomic E-state index is -0.518. The number of nitrogens with zero attached hydrogens (tertiary/aromatic N) is 1. The lowest BCUT2D eigenvalue weighted by atomic mass is 9.89. The average molecular weight is 277 g/mol. The fourth-order valence-electron chi connectivity index (χ4n) is 1.74. The zero-order valence-corrected chi connectivity index (χ0v) is 12.2. The zero-order valence-electron chi connectivity index (χ0n) is 12.2. The summed E-state index contributed by atoms with van der Waals surface area (Å²) < 4.78 is 19.0. The molecule has 0 saturated carbocycles. The summed E-state index contributed by atoms with van der Waals surface area (Å²) in [5, 5.41) is 8.88. The third-order valence-corrected chi connectivity index (χ3v) is 3.09. The van der Waals surface area contributed by atoms with E-state index in [1.165, 1.54) is 19.1 Å². The Morgan fingerprint density at radius 3 is 2.65 bits per heavy atom. The number of hydrogen-bond donors (Lipinski definition) is 0. The summed E-state index contributed by atoms with van der Waals surface area (Å²) in [6.45, 7) is 5.59. The second-order valence-corrected chi connectivity index (χ2v) is 5.50. The summed E-state index contributed by atoms with van der Waals surface area (Å²) in [5.74, 6) is -0.529. The molecular weight excluding hydrogens is 257 g/mol. The van der Waals surface area contributed by atoms with Crippen LogP contribution in [0.5, 0.6) is 5.75 Å². The van der Waals surface area contributed by atoms with E-state index >= 15 is 0 Å². The number of Topliss-reactive ketones (excluding diaryl/α,β-unsaturated/α-hetero) is 1. The molecule has 108 valence electrons. The highest BCUT2D eigenvalue weighted by atomic mass is 19.1. The molecule has 0 amide bonds. The number of unbranched alkanes of at least 4 members (excludes halogenated alkanes) is 1. The molecule has 0 unspecified atom stereocenters. The molecule has 4 heteroatoms. The predicted molar refractivity (Wildman–Crippen MR) is 75.1 cm³/mol. The number of nitriles is 1.